The van der Waals surface area contributed by atoms with E-state index in [0.29, 0.717) is 18.5 Å². The summed E-state index contributed by atoms with van der Waals surface area (Å²) in [7, 11) is 0. The smallest absolute Gasteiger partial charge is 0.279 e. The molecule has 128 valence electrons. The molecule has 1 aliphatic heterocycles. The summed E-state index contributed by atoms with van der Waals surface area (Å²) in [5, 5.41) is 5.36. The molecule has 1 amide bonds. The molecule has 2 heterocycles. The number of thiophene rings is 1. The van der Waals surface area contributed by atoms with E-state index < -0.39 is 0 Å². The highest BCUT2D eigenvalue weighted by Gasteiger charge is 2.29. The molecule has 2 atom stereocenters. The fraction of sp³-hybridized carbons (Fsp3) is 0.450. The average Bonchev–Trinajstić information content (AvgIpc) is 3.01. The summed E-state index contributed by atoms with van der Waals surface area (Å²) >= 11 is 1.85. The first kappa shape index (κ1) is 17.2. The van der Waals surface area contributed by atoms with E-state index in [9.17, 15) is 4.79 Å². The molecule has 3 nitrogen and oxygen atoms in total. The normalized spacial score (nSPS) is 20.0. The number of hydrogen-bond acceptors (Lipinski definition) is 2. The van der Waals surface area contributed by atoms with Crippen molar-refractivity contribution in [2.24, 2.45) is 0 Å². The molecular weight excluding hydrogens is 316 g/mol. The molecule has 4 heteroatoms. The minimum atomic E-state index is 0.117. The number of carbonyl (C=O) groups excluding carboxylic acids is 1. The lowest BCUT2D eigenvalue weighted by molar-refractivity contribution is -0.923. The van der Waals surface area contributed by atoms with Gasteiger partial charge in [-0.2, -0.15) is 0 Å². The van der Waals surface area contributed by atoms with Gasteiger partial charge in [0.15, 0.2) is 6.54 Å². The lowest BCUT2D eigenvalue weighted by atomic mass is 9.98. The van der Waals surface area contributed by atoms with Crippen LogP contribution in [0.1, 0.15) is 54.3 Å². The molecule has 2 aromatic rings. The van der Waals surface area contributed by atoms with Gasteiger partial charge in [0.1, 0.15) is 6.04 Å². The summed E-state index contributed by atoms with van der Waals surface area (Å²) in [6.45, 7) is 10.2. The van der Waals surface area contributed by atoms with Crippen molar-refractivity contribution in [1.82, 2.24) is 0 Å². The maximum atomic E-state index is 12.7. The van der Waals surface area contributed by atoms with Gasteiger partial charge in [0.2, 0.25) is 0 Å². The number of quaternary nitrogens is 1. The Kier molecular flexibility index (Phi) is 5.07. The molecule has 0 saturated carbocycles. The third-order valence-electron chi connectivity index (χ3n) is 5.11. The van der Waals surface area contributed by atoms with Gasteiger partial charge in [0.25, 0.3) is 5.91 Å². The van der Waals surface area contributed by atoms with Crippen LogP contribution in [-0.4, -0.2) is 19.0 Å². The van der Waals surface area contributed by atoms with E-state index in [-0.39, 0.29) is 5.91 Å². The first-order chi connectivity index (χ1) is 11.5. The monoisotopic (exact) mass is 343 g/mol. The molecule has 1 aliphatic rings. The van der Waals surface area contributed by atoms with Crippen LogP contribution in [0.2, 0.25) is 0 Å². The number of fused-ring (bicyclic) bond motifs is 1. The number of benzene rings is 1. The zero-order chi connectivity index (χ0) is 17.3. The van der Waals surface area contributed by atoms with Gasteiger partial charge < -0.3 is 10.2 Å². The van der Waals surface area contributed by atoms with Crippen LogP contribution in [0.5, 0.6) is 0 Å². The number of carbonyl (C=O) groups is 1. The van der Waals surface area contributed by atoms with Gasteiger partial charge in [-0.25, -0.2) is 0 Å². The minimum Gasteiger partial charge on any atom is -0.321 e. The largest absolute Gasteiger partial charge is 0.321 e. The summed E-state index contributed by atoms with van der Waals surface area (Å²) in [6, 6.07) is 8.86. The zero-order valence-corrected chi connectivity index (χ0v) is 15.8. The van der Waals surface area contributed by atoms with E-state index in [1.807, 2.05) is 11.3 Å². The van der Waals surface area contributed by atoms with Crippen LogP contribution in [0.4, 0.5) is 5.69 Å². The Labute approximate surface area is 148 Å². The van der Waals surface area contributed by atoms with Crippen LogP contribution >= 0.6 is 11.3 Å². The van der Waals surface area contributed by atoms with Crippen LogP contribution in [0.3, 0.4) is 0 Å². The number of nitrogens with one attached hydrogen (secondary N) is 2. The Bertz CT molecular complexity index is 735. The first-order valence-electron chi connectivity index (χ1n) is 8.77. The SMILES string of the molecule is Cc1cccc(C(C)C)c1NC(=O)C[NH+]1CCc2sccc2[C@@H]1C. The minimum absolute atomic E-state index is 0.117. The van der Waals surface area contributed by atoms with Gasteiger partial charge in [0, 0.05) is 22.5 Å². The Morgan fingerprint density at radius 3 is 2.92 bits per heavy atom. The van der Waals surface area contributed by atoms with Crippen LogP contribution < -0.4 is 10.2 Å². The molecule has 2 N–H and O–H groups in total. The lowest BCUT2D eigenvalue weighted by Crippen LogP contribution is -3.14. The van der Waals surface area contributed by atoms with Gasteiger partial charge in [0.05, 0.1) is 6.54 Å². The summed E-state index contributed by atoms with van der Waals surface area (Å²) in [4.78, 5) is 15.5. The van der Waals surface area contributed by atoms with Gasteiger partial charge in [-0.15, -0.1) is 11.3 Å². The zero-order valence-electron chi connectivity index (χ0n) is 15.0. The maximum Gasteiger partial charge on any atom is 0.279 e. The first-order valence-corrected chi connectivity index (χ1v) is 9.65. The van der Waals surface area contributed by atoms with E-state index >= 15 is 0 Å². The van der Waals surface area contributed by atoms with Crippen LogP contribution in [0, 0.1) is 6.92 Å². The number of para-hydroxylation sites is 1. The number of anilines is 1. The standard InChI is InChI=1S/C20H26N2OS/c1-13(2)16-7-5-6-14(3)20(16)21-19(23)12-22-10-8-18-17(15(22)4)9-11-24-18/h5-7,9,11,13,15H,8,10,12H2,1-4H3,(H,21,23)/p+1/t15-/m0/s1. The molecule has 3 rings (SSSR count). The average molecular weight is 344 g/mol. The predicted octanol–water partition coefficient (Wildman–Crippen LogP) is 3.32. The molecule has 0 fully saturated rings. The van der Waals surface area contributed by atoms with E-state index in [0.717, 1.165) is 24.2 Å². The van der Waals surface area contributed by atoms with E-state index in [1.54, 1.807) is 0 Å². The molecule has 0 saturated heterocycles. The number of aryl methyl sites for hydroxylation is 1. The topological polar surface area (TPSA) is 33.5 Å². The lowest BCUT2D eigenvalue weighted by Gasteiger charge is -2.30. The van der Waals surface area contributed by atoms with Gasteiger partial charge in [-0.1, -0.05) is 32.0 Å². The summed E-state index contributed by atoms with van der Waals surface area (Å²) in [5.74, 6) is 0.515. The molecular formula is C20H27N2OS+. The second-order valence-electron chi connectivity index (χ2n) is 7.10. The maximum absolute atomic E-state index is 12.7. The Hall–Kier alpha value is -1.65. The van der Waals surface area contributed by atoms with Crippen molar-refractivity contribution in [3.05, 3.63) is 51.2 Å². The van der Waals surface area contributed by atoms with Crippen molar-refractivity contribution < 1.29 is 9.69 Å². The quantitative estimate of drug-likeness (QED) is 0.877. The summed E-state index contributed by atoms with van der Waals surface area (Å²) in [6.07, 6.45) is 1.08. The second kappa shape index (κ2) is 7.08. The van der Waals surface area contributed by atoms with Crippen molar-refractivity contribution in [2.75, 3.05) is 18.4 Å². The van der Waals surface area contributed by atoms with E-state index in [1.165, 1.54) is 20.9 Å². The third-order valence-corrected chi connectivity index (χ3v) is 6.11. The van der Waals surface area contributed by atoms with Crippen LogP contribution in [0.25, 0.3) is 0 Å². The molecule has 0 aliphatic carbocycles. The molecule has 24 heavy (non-hydrogen) atoms. The van der Waals surface area contributed by atoms with Crippen molar-refractivity contribution in [2.45, 2.75) is 46.1 Å². The highest BCUT2D eigenvalue weighted by molar-refractivity contribution is 7.10. The van der Waals surface area contributed by atoms with Crippen molar-refractivity contribution in [1.29, 1.82) is 0 Å². The van der Waals surface area contributed by atoms with Crippen molar-refractivity contribution in [3.8, 4) is 0 Å². The Morgan fingerprint density at radius 2 is 2.17 bits per heavy atom. The van der Waals surface area contributed by atoms with Gasteiger partial charge in [-0.05, 0) is 42.3 Å². The summed E-state index contributed by atoms with van der Waals surface area (Å²) < 4.78 is 0. The fourth-order valence-electron chi connectivity index (χ4n) is 3.62. The summed E-state index contributed by atoms with van der Waals surface area (Å²) in [5.41, 5.74) is 4.77. The van der Waals surface area contributed by atoms with Gasteiger partial charge >= 0.3 is 0 Å². The van der Waals surface area contributed by atoms with Crippen LogP contribution in [-0.2, 0) is 11.2 Å². The van der Waals surface area contributed by atoms with E-state index in [2.05, 4.69) is 62.7 Å². The van der Waals surface area contributed by atoms with Gasteiger partial charge in [-0.3, -0.25) is 4.79 Å². The number of amides is 1. The molecule has 0 bridgehead atoms. The molecule has 1 aromatic carbocycles. The molecule has 0 spiro atoms. The molecule has 1 unspecified atom stereocenters. The number of rotatable bonds is 4. The molecule has 0 radical (unpaired) electrons. The van der Waals surface area contributed by atoms with Crippen molar-refractivity contribution >= 4 is 22.9 Å². The molecule has 1 aromatic heterocycles. The van der Waals surface area contributed by atoms with E-state index in [4.69, 9.17) is 0 Å². The van der Waals surface area contributed by atoms with Crippen molar-refractivity contribution in [3.63, 3.8) is 0 Å². The Morgan fingerprint density at radius 1 is 1.38 bits per heavy atom. The predicted molar refractivity (Wildman–Crippen MR) is 101 cm³/mol. The van der Waals surface area contributed by atoms with Crippen LogP contribution in [0.15, 0.2) is 29.6 Å². The fourth-order valence-corrected chi connectivity index (χ4v) is 4.60. The number of hydrogen-bond donors (Lipinski definition) is 2. The highest BCUT2D eigenvalue weighted by atomic mass is 32.1. The third kappa shape index (κ3) is 3.40. The Balaban J connectivity index is 1.71. The highest BCUT2D eigenvalue weighted by Crippen LogP contribution is 2.27. The second-order valence-corrected chi connectivity index (χ2v) is 8.10.